The van der Waals surface area contributed by atoms with E-state index in [1.807, 2.05) is 60.7 Å². The topological polar surface area (TPSA) is 58.7 Å². The third kappa shape index (κ3) is 4.59. The lowest BCUT2D eigenvalue weighted by atomic mass is 10.2. The lowest BCUT2D eigenvalue weighted by molar-refractivity contribution is -0.113. The van der Waals surface area contributed by atoms with Crippen LogP contribution in [0.15, 0.2) is 99.4 Å². The van der Waals surface area contributed by atoms with E-state index in [0.29, 0.717) is 38.0 Å². The highest BCUT2D eigenvalue weighted by molar-refractivity contribution is 8.19. The fourth-order valence-corrected chi connectivity index (χ4v) is 4.60. The molecule has 0 saturated carbocycles. The van der Waals surface area contributed by atoms with E-state index < -0.39 is 0 Å². The molecule has 2 aromatic heterocycles. The van der Waals surface area contributed by atoms with Crippen molar-refractivity contribution in [2.24, 2.45) is 4.99 Å². The average Bonchev–Trinajstić information content (AvgIpc) is 3.41. The molecule has 1 aliphatic heterocycles. The summed E-state index contributed by atoms with van der Waals surface area (Å²) in [5.74, 6) is 1.01. The van der Waals surface area contributed by atoms with Crippen LogP contribution in [-0.2, 0) is 4.79 Å². The minimum Gasteiger partial charge on any atom is -0.457 e. The number of anilines is 1. The number of hydrogen-bond donors (Lipinski definition) is 0. The quantitative estimate of drug-likeness (QED) is 0.219. The van der Waals surface area contributed by atoms with E-state index in [2.05, 4.69) is 9.98 Å². The molecular formula is C25H15Cl2N3O2S. The number of benzene rings is 2. The number of halogens is 2. The number of hydrogen-bond acceptors (Lipinski definition) is 5. The van der Waals surface area contributed by atoms with E-state index in [1.165, 1.54) is 11.8 Å². The smallest absolute Gasteiger partial charge is 0.271 e. The van der Waals surface area contributed by atoms with Gasteiger partial charge >= 0.3 is 0 Å². The molecule has 0 aliphatic carbocycles. The Labute approximate surface area is 204 Å². The summed E-state index contributed by atoms with van der Waals surface area (Å²) in [4.78, 5) is 24.1. The molecule has 0 bridgehead atoms. The molecular weight excluding hydrogens is 477 g/mol. The van der Waals surface area contributed by atoms with Crippen LogP contribution < -0.4 is 4.90 Å². The second kappa shape index (κ2) is 9.27. The number of furan rings is 1. The molecule has 5 rings (SSSR count). The van der Waals surface area contributed by atoms with Gasteiger partial charge in [0.25, 0.3) is 5.91 Å². The molecule has 0 spiro atoms. The van der Waals surface area contributed by atoms with Gasteiger partial charge in [0.05, 0.1) is 10.6 Å². The number of thioether (sulfide) groups is 1. The van der Waals surface area contributed by atoms with E-state index >= 15 is 0 Å². The first-order valence-electron chi connectivity index (χ1n) is 9.92. The summed E-state index contributed by atoms with van der Waals surface area (Å²) >= 11 is 13.5. The van der Waals surface area contributed by atoms with Gasteiger partial charge in [-0.15, -0.1) is 0 Å². The Kier molecular flexibility index (Phi) is 6.05. The molecule has 33 heavy (non-hydrogen) atoms. The van der Waals surface area contributed by atoms with Crippen molar-refractivity contribution >= 4 is 63.5 Å². The first-order chi connectivity index (χ1) is 16.1. The first kappa shape index (κ1) is 21.5. The molecule has 5 nitrogen and oxygen atoms in total. The Morgan fingerprint density at radius 1 is 0.970 bits per heavy atom. The highest BCUT2D eigenvalue weighted by Crippen LogP contribution is 2.38. The lowest BCUT2D eigenvalue weighted by Gasteiger charge is -2.15. The number of carbonyl (C=O) groups is 1. The predicted octanol–water partition coefficient (Wildman–Crippen LogP) is 7.46. The average molecular weight is 492 g/mol. The number of rotatable bonds is 4. The van der Waals surface area contributed by atoms with E-state index in [-0.39, 0.29) is 11.1 Å². The third-order valence-electron chi connectivity index (χ3n) is 4.79. The van der Waals surface area contributed by atoms with Crippen LogP contribution in [-0.4, -0.2) is 16.1 Å². The maximum absolute atomic E-state index is 13.4. The Morgan fingerprint density at radius 3 is 2.61 bits per heavy atom. The van der Waals surface area contributed by atoms with Crippen LogP contribution >= 0.6 is 35.0 Å². The molecule has 3 heterocycles. The molecule has 1 aliphatic rings. The fraction of sp³-hybridized carbons (Fsp3) is 0. The van der Waals surface area contributed by atoms with E-state index in [4.69, 9.17) is 27.6 Å². The van der Waals surface area contributed by atoms with Gasteiger partial charge in [0, 0.05) is 22.9 Å². The van der Waals surface area contributed by atoms with Crippen LogP contribution in [0.5, 0.6) is 0 Å². The molecule has 1 amide bonds. The van der Waals surface area contributed by atoms with Crippen LogP contribution in [0.4, 0.5) is 11.4 Å². The highest BCUT2D eigenvalue weighted by Gasteiger charge is 2.35. The predicted molar refractivity (Wildman–Crippen MR) is 135 cm³/mol. The molecule has 0 N–H and O–H groups in total. The number of amides is 1. The zero-order chi connectivity index (χ0) is 22.8. The van der Waals surface area contributed by atoms with Gasteiger partial charge < -0.3 is 4.42 Å². The SMILES string of the molecule is O=C1/C(=C\c2ccc(-c3cccc(Cl)c3)o2)SC(=Nc2cccnc2Cl)N1c1ccccc1. The van der Waals surface area contributed by atoms with Crippen LogP contribution in [0, 0.1) is 0 Å². The van der Waals surface area contributed by atoms with Crippen molar-refractivity contribution < 1.29 is 9.21 Å². The van der Waals surface area contributed by atoms with Gasteiger partial charge in [0.15, 0.2) is 10.3 Å². The number of amidine groups is 1. The molecule has 1 fully saturated rings. The number of aromatic nitrogens is 1. The zero-order valence-corrected chi connectivity index (χ0v) is 19.3. The highest BCUT2D eigenvalue weighted by atomic mass is 35.5. The van der Waals surface area contributed by atoms with Gasteiger partial charge in [-0.2, -0.15) is 0 Å². The summed E-state index contributed by atoms with van der Waals surface area (Å²) < 4.78 is 5.96. The number of aliphatic imine (C=N–C) groups is 1. The summed E-state index contributed by atoms with van der Waals surface area (Å²) in [5, 5.41) is 1.37. The van der Waals surface area contributed by atoms with Crippen molar-refractivity contribution in [2.45, 2.75) is 0 Å². The van der Waals surface area contributed by atoms with E-state index in [9.17, 15) is 4.79 Å². The summed E-state index contributed by atoms with van der Waals surface area (Å²) in [6.45, 7) is 0. The van der Waals surface area contributed by atoms with Crippen molar-refractivity contribution in [3.05, 3.63) is 106 Å². The van der Waals surface area contributed by atoms with Gasteiger partial charge in [-0.05, 0) is 60.3 Å². The number of pyridine rings is 1. The van der Waals surface area contributed by atoms with E-state index in [0.717, 1.165) is 5.56 Å². The minimum atomic E-state index is -0.203. The largest absolute Gasteiger partial charge is 0.457 e. The Morgan fingerprint density at radius 2 is 1.82 bits per heavy atom. The fourth-order valence-electron chi connectivity index (χ4n) is 3.27. The second-order valence-electron chi connectivity index (χ2n) is 7.01. The standard InChI is InChI=1S/C25H15Cl2N3O2S/c26-17-7-4-6-16(14-17)21-12-11-19(32-21)15-22-24(31)30(18-8-2-1-3-9-18)25(33-22)29-20-10-5-13-28-23(20)27/h1-15H/b22-15+,29-25?. The molecule has 4 aromatic rings. The normalized spacial score (nSPS) is 16.2. The van der Waals surface area contributed by atoms with Crippen molar-refractivity contribution in [2.75, 3.05) is 4.90 Å². The summed E-state index contributed by atoms with van der Waals surface area (Å²) in [7, 11) is 0. The first-order valence-corrected chi connectivity index (χ1v) is 11.5. The molecule has 0 unspecified atom stereocenters. The van der Waals surface area contributed by atoms with Gasteiger partial charge in [-0.25, -0.2) is 9.98 Å². The second-order valence-corrected chi connectivity index (χ2v) is 8.81. The van der Waals surface area contributed by atoms with E-state index in [1.54, 1.807) is 35.4 Å². The van der Waals surface area contributed by atoms with Crippen molar-refractivity contribution in [3.8, 4) is 11.3 Å². The molecule has 8 heteroatoms. The Balaban J connectivity index is 1.52. The number of para-hydroxylation sites is 1. The third-order valence-corrected chi connectivity index (χ3v) is 6.28. The van der Waals surface area contributed by atoms with Crippen molar-refractivity contribution in [1.82, 2.24) is 4.98 Å². The molecule has 0 radical (unpaired) electrons. The Hall–Kier alpha value is -3.32. The van der Waals surface area contributed by atoms with Gasteiger partial charge in [0.1, 0.15) is 17.2 Å². The minimum absolute atomic E-state index is 0.203. The van der Waals surface area contributed by atoms with Crippen molar-refractivity contribution in [3.63, 3.8) is 0 Å². The molecule has 0 atom stereocenters. The van der Waals surface area contributed by atoms with Gasteiger partial charge in [-0.3, -0.25) is 9.69 Å². The molecule has 2 aromatic carbocycles. The summed E-state index contributed by atoms with van der Waals surface area (Å²) in [5.41, 5.74) is 2.05. The van der Waals surface area contributed by atoms with Crippen LogP contribution in [0.3, 0.4) is 0 Å². The Bertz CT molecular complexity index is 1400. The monoisotopic (exact) mass is 491 g/mol. The van der Waals surface area contributed by atoms with Crippen LogP contribution in [0.1, 0.15) is 5.76 Å². The van der Waals surface area contributed by atoms with Crippen molar-refractivity contribution in [1.29, 1.82) is 0 Å². The maximum Gasteiger partial charge on any atom is 0.271 e. The zero-order valence-electron chi connectivity index (χ0n) is 17.0. The van der Waals surface area contributed by atoms with Gasteiger partial charge in [0.2, 0.25) is 0 Å². The van der Waals surface area contributed by atoms with Crippen LogP contribution in [0.25, 0.3) is 17.4 Å². The number of carbonyl (C=O) groups excluding carboxylic acids is 1. The summed E-state index contributed by atoms with van der Waals surface area (Å²) in [6.07, 6.45) is 3.30. The maximum atomic E-state index is 13.4. The van der Waals surface area contributed by atoms with Crippen LogP contribution in [0.2, 0.25) is 10.2 Å². The lowest BCUT2D eigenvalue weighted by Crippen LogP contribution is -2.28. The van der Waals surface area contributed by atoms with Gasteiger partial charge in [-0.1, -0.05) is 53.5 Å². The number of nitrogens with zero attached hydrogens (tertiary/aromatic N) is 3. The summed E-state index contributed by atoms with van der Waals surface area (Å²) in [6, 6.07) is 23.9. The molecule has 162 valence electrons. The molecule has 1 saturated heterocycles.